The van der Waals surface area contributed by atoms with Crippen molar-refractivity contribution in [3.63, 3.8) is 0 Å². The molecule has 1 N–H and O–H groups in total. The number of nitro groups is 1. The van der Waals surface area contributed by atoms with Gasteiger partial charge in [-0.3, -0.25) is 10.1 Å². The van der Waals surface area contributed by atoms with Crippen molar-refractivity contribution < 1.29 is 19.6 Å². The Labute approximate surface area is 78.9 Å². The summed E-state index contributed by atoms with van der Waals surface area (Å²) in [5.74, 6) is 0. The Balaban J connectivity index is 2.89. The van der Waals surface area contributed by atoms with E-state index in [-0.39, 0.29) is 5.56 Å². The molecule has 0 saturated heterocycles. The lowest BCUT2D eigenvalue weighted by Crippen LogP contribution is -2.17. The molecule has 0 saturated carbocycles. The number of benzene rings is 1. The van der Waals surface area contributed by atoms with E-state index in [1.807, 2.05) is 0 Å². The fourth-order valence-corrected chi connectivity index (χ4v) is 0.946. The van der Waals surface area contributed by atoms with E-state index in [1.165, 1.54) is 12.1 Å². The Morgan fingerprint density at radius 3 is 2.43 bits per heavy atom. The van der Waals surface area contributed by atoms with Gasteiger partial charge in [-0.05, 0) is 12.1 Å². The standard InChI is InChI=1S/C8H7NO5/c10-8(11)14-7(9(12)13)6-4-2-1-3-5-6/h1-5,7H,(H,10,11). The first-order valence-corrected chi connectivity index (χ1v) is 3.69. The number of carboxylic acid groups (broad SMARTS) is 1. The third-order valence-electron chi connectivity index (χ3n) is 1.49. The molecule has 6 nitrogen and oxygen atoms in total. The zero-order valence-corrected chi connectivity index (χ0v) is 6.99. The fraction of sp³-hybridized carbons (Fsp3) is 0.125. The molecule has 0 radical (unpaired) electrons. The van der Waals surface area contributed by atoms with Gasteiger partial charge in [-0.15, -0.1) is 0 Å². The zero-order chi connectivity index (χ0) is 10.6. The average molecular weight is 197 g/mol. The van der Waals surface area contributed by atoms with E-state index in [0.29, 0.717) is 0 Å². The van der Waals surface area contributed by atoms with Gasteiger partial charge in [0.1, 0.15) is 0 Å². The van der Waals surface area contributed by atoms with E-state index in [9.17, 15) is 14.9 Å². The molecular weight excluding hydrogens is 190 g/mol. The fourth-order valence-electron chi connectivity index (χ4n) is 0.946. The summed E-state index contributed by atoms with van der Waals surface area (Å²) in [5.41, 5.74) is 0.194. The van der Waals surface area contributed by atoms with Crippen LogP contribution in [0.4, 0.5) is 4.79 Å². The number of rotatable bonds is 3. The summed E-state index contributed by atoms with van der Waals surface area (Å²) >= 11 is 0. The van der Waals surface area contributed by atoms with E-state index < -0.39 is 17.3 Å². The molecule has 74 valence electrons. The van der Waals surface area contributed by atoms with E-state index >= 15 is 0 Å². The topological polar surface area (TPSA) is 89.7 Å². The highest BCUT2D eigenvalue weighted by molar-refractivity contribution is 5.57. The van der Waals surface area contributed by atoms with Crippen LogP contribution in [0.2, 0.25) is 0 Å². The predicted octanol–water partition coefficient (Wildman–Crippen LogP) is 1.66. The first-order chi connectivity index (χ1) is 6.61. The van der Waals surface area contributed by atoms with Crippen LogP contribution in [-0.2, 0) is 4.74 Å². The zero-order valence-electron chi connectivity index (χ0n) is 6.99. The van der Waals surface area contributed by atoms with E-state index in [0.717, 1.165) is 0 Å². The maximum absolute atomic E-state index is 10.5. The highest BCUT2D eigenvalue weighted by Gasteiger charge is 2.26. The minimum absolute atomic E-state index is 0.194. The summed E-state index contributed by atoms with van der Waals surface area (Å²) in [7, 11) is 0. The van der Waals surface area contributed by atoms with Gasteiger partial charge in [-0.25, -0.2) is 4.79 Å². The second-order valence-electron chi connectivity index (χ2n) is 2.43. The molecular formula is C8H7NO5. The van der Waals surface area contributed by atoms with Crippen molar-refractivity contribution in [3.05, 3.63) is 46.0 Å². The number of hydrogen-bond acceptors (Lipinski definition) is 4. The molecule has 0 spiro atoms. The molecule has 0 aromatic heterocycles. The van der Waals surface area contributed by atoms with Crippen molar-refractivity contribution >= 4 is 6.16 Å². The molecule has 14 heavy (non-hydrogen) atoms. The molecule has 0 bridgehead atoms. The van der Waals surface area contributed by atoms with Crippen LogP contribution >= 0.6 is 0 Å². The molecule has 1 unspecified atom stereocenters. The molecule has 1 rings (SSSR count). The van der Waals surface area contributed by atoms with Crippen LogP contribution in [0.1, 0.15) is 11.8 Å². The Morgan fingerprint density at radius 2 is 2.00 bits per heavy atom. The van der Waals surface area contributed by atoms with Crippen LogP contribution in [0.15, 0.2) is 30.3 Å². The number of ether oxygens (including phenoxy) is 1. The first kappa shape index (κ1) is 9.97. The minimum atomic E-state index is -1.67. The summed E-state index contributed by atoms with van der Waals surface area (Å²) in [5, 5.41) is 18.7. The van der Waals surface area contributed by atoms with Crippen LogP contribution in [0.5, 0.6) is 0 Å². The Morgan fingerprint density at radius 1 is 1.43 bits per heavy atom. The molecule has 0 aliphatic rings. The predicted molar refractivity (Wildman–Crippen MR) is 45.3 cm³/mol. The van der Waals surface area contributed by atoms with Crippen molar-refractivity contribution in [2.75, 3.05) is 0 Å². The molecule has 1 aromatic carbocycles. The van der Waals surface area contributed by atoms with Gasteiger partial charge in [0.25, 0.3) is 0 Å². The molecule has 0 heterocycles. The largest absolute Gasteiger partial charge is 0.511 e. The van der Waals surface area contributed by atoms with Crippen LogP contribution in [0, 0.1) is 10.1 Å². The van der Waals surface area contributed by atoms with Crippen LogP contribution in [0.25, 0.3) is 0 Å². The van der Waals surface area contributed by atoms with Crippen LogP contribution in [-0.4, -0.2) is 16.2 Å². The van der Waals surface area contributed by atoms with Crippen LogP contribution in [0.3, 0.4) is 0 Å². The SMILES string of the molecule is O=C(O)OC(c1ccccc1)[N+](=O)[O-]. The lowest BCUT2D eigenvalue weighted by atomic mass is 10.2. The van der Waals surface area contributed by atoms with Gasteiger partial charge in [0.15, 0.2) is 0 Å². The second-order valence-corrected chi connectivity index (χ2v) is 2.43. The van der Waals surface area contributed by atoms with Crippen molar-refractivity contribution in [3.8, 4) is 0 Å². The van der Waals surface area contributed by atoms with Gasteiger partial charge in [-0.1, -0.05) is 18.2 Å². The molecule has 6 heteroatoms. The van der Waals surface area contributed by atoms with Gasteiger partial charge < -0.3 is 9.84 Å². The van der Waals surface area contributed by atoms with Crippen molar-refractivity contribution in [2.45, 2.75) is 6.23 Å². The van der Waals surface area contributed by atoms with E-state index in [1.54, 1.807) is 18.2 Å². The third-order valence-corrected chi connectivity index (χ3v) is 1.49. The molecule has 1 aromatic rings. The van der Waals surface area contributed by atoms with Crippen molar-refractivity contribution in [2.24, 2.45) is 0 Å². The molecule has 0 aliphatic carbocycles. The average Bonchev–Trinajstić information content (AvgIpc) is 2.15. The van der Waals surface area contributed by atoms with E-state index in [4.69, 9.17) is 5.11 Å². The van der Waals surface area contributed by atoms with Gasteiger partial charge >= 0.3 is 12.4 Å². The van der Waals surface area contributed by atoms with Gasteiger partial charge in [-0.2, -0.15) is 0 Å². The number of hydrogen-bond donors (Lipinski definition) is 1. The Bertz CT molecular complexity index is 337. The highest BCUT2D eigenvalue weighted by Crippen LogP contribution is 2.17. The number of nitrogens with zero attached hydrogens (tertiary/aromatic N) is 1. The Hall–Kier alpha value is -2.11. The minimum Gasteiger partial charge on any atom is -0.450 e. The summed E-state index contributed by atoms with van der Waals surface area (Å²) in [6, 6.07) is 7.65. The quantitative estimate of drug-likeness (QED) is 0.344. The van der Waals surface area contributed by atoms with Gasteiger partial charge in [0, 0.05) is 0 Å². The molecule has 0 fully saturated rings. The smallest absolute Gasteiger partial charge is 0.450 e. The summed E-state index contributed by atoms with van der Waals surface area (Å²) in [6.07, 6.45) is -3.33. The highest BCUT2D eigenvalue weighted by atomic mass is 16.7. The normalized spacial score (nSPS) is 11.7. The maximum Gasteiger partial charge on any atom is 0.511 e. The lowest BCUT2D eigenvalue weighted by molar-refractivity contribution is -0.576. The van der Waals surface area contributed by atoms with Gasteiger partial charge in [0.2, 0.25) is 0 Å². The monoisotopic (exact) mass is 197 g/mol. The molecule has 1 atom stereocenters. The first-order valence-electron chi connectivity index (χ1n) is 3.69. The van der Waals surface area contributed by atoms with Crippen LogP contribution < -0.4 is 0 Å². The molecule has 0 amide bonds. The third kappa shape index (κ3) is 2.44. The summed E-state index contributed by atoms with van der Waals surface area (Å²) in [6.45, 7) is 0. The van der Waals surface area contributed by atoms with Crippen molar-refractivity contribution in [1.29, 1.82) is 0 Å². The Kier molecular flexibility index (Phi) is 3.01. The van der Waals surface area contributed by atoms with Crippen molar-refractivity contribution in [1.82, 2.24) is 0 Å². The maximum atomic E-state index is 10.5. The second kappa shape index (κ2) is 4.22. The van der Waals surface area contributed by atoms with E-state index in [2.05, 4.69) is 4.74 Å². The summed E-state index contributed by atoms with van der Waals surface area (Å²) < 4.78 is 4.12. The molecule has 0 aliphatic heterocycles. The lowest BCUT2D eigenvalue weighted by Gasteiger charge is -2.07. The summed E-state index contributed by atoms with van der Waals surface area (Å²) in [4.78, 5) is 19.8. The number of carbonyl (C=O) groups is 1. The van der Waals surface area contributed by atoms with Gasteiger partial charge in [0.05, 0.1) is 10.5 Å².